The second-order valence-corrected chi connectivity index (χ2v) is 14.1. The second kappa shape index (κ2) is 8.36. The lowest BCUT2D eigenvalue weighted by Crippen LogP contribution is -2.19. The van der Waals surface area contributed by atoms with Gasteiger partial charge in [0.1, 0.15) is 16.2 Å². The molecule has 0 saturated heterocycles. The van der Waals surface area contributed by atoms with E-state index in [0.717, 1.165) is 18.6 Å². The normalized spacial score (nSPS) is 19.8. The summed E-state index contributed by atoms with van der Waals surface area (Å²) in [4.78, 5) is 0. The first-order valence-electron chi connectivity index (χ1n) is 10.0. The number of hydrogen-bond donors (Lipinski definition) is 0. The number of methoxy groups -OCH3 is 1. The molecule has 0 radical (unpaired) electrons. The molecule has 2 aliphatic carbocycles. The van der Waals surface area contributed by atoms with Gasteiger partial charge in [0, 0.05) is 29.5 Å². The Kier molecular flexibility index (Phi) is 6.46. The smallest absolute Gasteiger partial charge is 0.150 e. The summed E-state index contributed by atoms with van der Waals surface area (Å²) in [5.41, 5.74) is 7.26. The lowest BCUT2D eigenvalue weighted by Gasteiger charge is -2.26. The van der Waals surface area contributed by atoms with E-state index in [9.17, 15) is 0 Å². The second-order valence-electron chi connectivity index (χ2n) is 9.39. The van der Waals surface area contributed by atoms with E-state index in [1.165, 1.54) is 27.8 Å². The molecule has 0 heterocycles. The number of fused-ring (bicyclic) bond motifs is 4. The van der Waals surface area contributed by atoms with Gasteiger partial charge in [0.15, 0.2) is 0 Å². The summed E-state index contributed by atoms with van der Waals surface area (Å²) in [6.45, 7) is 6.97. The number of hydrogen-bond acceptors (Lipinski definition) is 1. The van der Waals surface area contributed by atoms with Crippen LogP contribution in [0.25, 0.3) is 0 Å². The van der Waals surface area contributed by atoms with Crippen molar-refractivity contribution in [2.75, 3.05) is 32.1 Å². The van der Waals surface area contributed by atoms with Crippen molar-refractivity contribution in [2.45, 2.75) is 49.5 Å². The van der Waals surface area contributed by atoms with Gasteiger partial charge in [-0.2, -0.15) is 0 Å². The SMILES string of the molecule is COc1c2cc(C(C)(C)C)cc1C([S+](C)C)Cc1ccc(cc1)C([S+](C)C)C2. The maximum atomic E-state index is 6.11. The Labute approximate surface area is 178 Å². The molecule has 0 N–H and O–H groups in total. The van der Waals surface area contributed by atoms with Crippen molar-refractivity contribution in [3.8, 4) is 5.75 Å². The highest BCUT2D eigenvalue weighted by Crippen LogP contribution is 2.42. The van der Waals surface area contributed by atoms with E-state index in [-0.39, 0.29) is 16.3 Å². The van der Waals surface area contributed by atoms with Crippen molar-refractivity contribution < 1.29 is 4.74 Å². The molecule has 2 unspecified atom stereocenters. The third-order valence-electron chi connectivity index (χ3n) is 5.93. The molecule has 4 rings (SSSR count). The van der Waals surface area contributed by atoms with E-state index in [1.54, 1.807) is 0 Å². The molecular formula is C25H36OS2+2. The molecule has 0 aliphatic heterocycles. The fourth-order valence-corrected chi connectivity index (χ4v) is 6.58. The molecular weight excluding hydrogens is 380 g/mol. The Balaban J connectivity index is 2.30. The molecule has 3 heteroatoms. The van der Waals surface area contributed by atoms with Crippen LogP contribution in [0.5, 0.6) is 5.75 Å². The maximum absolute atomic E-state index is 6.11. The molecule has 0 spiro atoms. The first-order chi connectivity index (χ1) is 13.1. The van der Waals surface area contributed by atoms with E-state index in [4.69, 9.17) is 4.74 Å². The zero-order chi connectivity index (χ0) is 20.6. The number of rotatable bonds is 3. The molecule has 0 amide bonds. The fourth-order valence-electron chi connectivity index (χ4n) is 4.16. The average Bonchev–Trinajstić information content (AvgIpc) is 2.64. The van der Waals surface area contributed by atoms with Crippen LogP contribution in [0, 0.1) is 0 Å². The summed E-state index contributed by atoms with van der Waals surface area (Å²) >= 11 is 0. The predicted octanol–water partition coefficient (Wildman–Crippen LogP) is 5.63. The summed E-state index contributed by atoms with van der Waals surface area (Å²) < 4.78 is 6.11. The van der Waals surface area contributed by atoms with Crippen LogP contribution in [0.4, 0.5) is 0 Å². The first kappa shape index (κ1) is 21.6. The van der Waals surface area contributed by atoms with Crippen LogP contribution < -0.4 is 4.74 Å². The van der Waals surface area contributed by atoms with E-state index >= 15 is 0 Å². The molecule has 1 nitrogen and oxygen atoms in total. The largest absolute Gasteiger partial charge is 0.496 e. The highest BCUT2D eigenvalue weighted by Gasteiger charge is 2.34. The van der Waals surface area contributed by atoms with Crippen LogP contribution in [0.3, 0.4) is 0 Å². The molecule has 2 aromatic carbocycles. The minimum Gasteiger partial charge on any atom is -0.496 e. The van der Waals surface area contributed by atoms with Crippen molar-refractivity contribution in [2.24, 2.45) is 0 Å². The highest BCUT2D eigenvalue weighted by molar-refractivity contribution is 7.96. The van der Waals surface area contributed by atoms with Crippen molar-refractivity contribution >= 4 is 21.8 Å². The van der Waals surface area contributed by atoms with Crippen LogP contribution in [-0.4, -0.2) is 32.1 Å². The van der Waals surface area contributed by atoms with Crippen molar-refractivity contribution in [3.05, 3.63) is 64.2 Å². The van der Waals surface area contributed by atoms with Crippen molar-refractivity contribution in [3.63, 3.8) is 0 Å². The minimum absolute atomic E-state index is 0.131. The lowest BCUT2D eigenvalue weighted by molar-refractivity contribution is 0.403. The van der Waals surface area contributed by atoms with E-state index in [0.29, 0.717) is 21.4 Å². The van der Waals surface area contributed by atoms with Crippen LogP contribution in [0.1, 0.15) is 59.1 Å². The van der Waals surface area contributed by atoms with Crippen LogP contribution in [0.15, 0.2) is 36.4 Å². The average molecular weight is 417 g/mol. The molecule has 0 fully saturated rings. The fraction of sp³-hybridized carbons (Fsp3) is 0.520. The Morgan fingerprint density at radius 1 is 0.857 bits per heavy atom. The zero-order valence-corrected chi connectivity index (χ0v) is 20.4. The topological polar surface area (TPSA) is 9.23 Å². The van der Waals surface area contributed by atoms with Crippen LogP contribution in [-0.2, 0) is 40.0 Å². The third-order valence-corrected chi connectivity index (χ3v) is 9.06. The molecule has 28 heavy (non-hydrogen) atoms. The minimum atomic E-state index is 0.131. The van der Waals surface area contributed by atoms with Crippen LogP contribution >= 0.6 is 0 Å². The van der Waals surface area contributed by atoms with Gasteiger partial charge in [-0.1, -0.05) is 51.1 Å². The van der Waals surface area contributed by atoms with E-state index in [2.05, 4.69) is 82.2 Å². The van der Waals surface area contributed by atoms with Gasteiger partial charge in [0.05, 0.1) is 32.1 Å². The van der Waals surface area contributed by atoms with Gasteiger partial charge >= 0.3 is 0 Å². The van der Waals surface area contributed by atoms with Crippen molar-refractivity contribution in [1.82, 2.24) is 0 Å². The van der Waals surface area contributed by atoms with Crippen molar-refractivity contribution in [1.29, 1.82) is 0 Å². The number of benzene rings is 2. The zero-order valence-electron chi connectivity index (χ0n) is 18.8. The number of ether oxygens (including phenoxy) is 1. The standard InChI is InChI=1S/C25H36OS2/c1-25(2,3)20-14-19-15-22(27(5)6)18-11-9-17(10-12-18)13-23(28(7)8)21(16-20)24(19)26-4/h9-12,14,16,22-23H,13,15H2,1-8H3/q+2. The predicted molar refractivity (Wildman–Crippen MR) is 129 cm³/mol. The summed E-state index contributed by atoms with van der Waals surface area (Å²) in [6, 6.07) is 14.3. The summed E-state index contributed by atoms with van der Waals surface area (Å²) in [5.74, 6) is 1.14. The van der Waals surface area contributed by atoms with E-state index in [1.807, 2.05) is 7.11 Å². The molecule has 4 bridgehead atoms. The molecule has 152 valence electrons. The Hall–Kier alpha value is -1.06. The van der Waals surface area contributed by atoms with E-state index < -0.39 is 0 Å². The van der Waals surface area contributed by atoms with Gasteiger partial charge in [-0.15, -0.1) is 0 Å². The van der Waals surface area contributed by atoms with Crippen LogP contribution in [0.2, 0.25) is 0 Å². The molecule has 0 saturated carbocycles. The molecule has 2 aromatic rings. The Morgan fingerprint density at radius 2 is 1.46 bits per heavy atom. The summed E-state index contributed by atoms with van der Waals surface area (Å²) in [6.07, 6.45) is 11.6. The van der Waals surface area contributed by atoms with Gasteiger partial charge in [0.25, 0.3) is 0 Å². The monoisotopic (exact) mass is 416 g/mol. The third kappa shape index (κ3) is 4.41. The van der Waals surface area contributed by atoms with Gasteiger partial charge in [-0.25, -0.2) is 0 Å². The summed E-state index contributed by atoms with van der Waals surface area (Å²) in [7, 11) is 2.41. The maximum Gasteiger partial charge on any atom is 0.150 e. The molecule has 0 aromatic heterocycles. The Morgan fingerprint density at radius 3 is 1.96 bits per heavy atom. The highest BCUT2D eigenvalue weighted by atomic mass is 32.2. The van der Waals surface area contributed by atoms with Gasteiger partial charge in [-0.05, 0) is 44.4 Å². The quantitative estimate of drug-likeness (QED) is 0.589. The first-order valence-corrected chi connectivity index (χ1v) is 14.3. The lowest BCUT2D eigenvalue weighted by atomic mass is 9.83. The van der Waals surface area contributed by atoms with Gasteiger partial charge < -0.3 is 4.74 Å². The molecule has 2 aliphatic rings. The van der Waals surface area contributed by atoms with Gasteiger partial charge in [-0.3, -0.25) is 0 Å². The Bertz CT molecular complexity index is 816. The summed E-state index contributed by atoms with van der Waals surface area (Å²) in [5, 5.41) is 1.02. The van der Waals surface area contributed by atoms with Gasteiger partial charge in [0.2, 0.25) is 0 Å². The molecule has 2 atom stereocenters.